The van der Waals surface area contributed by atoms with E-state index in [2.05, 4.69) is 9.97 Å². The van der Waals surface area contributed by atoms with Crippen molar-refractivity contribution < 1.29 is 13.9 Å². The number of nitrogens with zero attached hydrogens (tertiary/aromatic N) is 2. The van der Waals surface area contributed by atoms with Gasteiger partial charge in [0.25, 0.3) is 12.0 Å². The largest absolute Gasteiger partial charge is 0.399 e. The minimum atomic E-state index is -2.60. The maximum absolute atomic E-state index is 12.5. The van der Waals surface area contributed by atoms with Gasteiger partial charge in [0.05, 0.1) is 24.1 Å². The molecule has 1 aromatic carbocycles. The third kappa shape index (κ3) is 3.02. The Morgan fingerprint density at radius 2 is 2.20 bits per heavy atom. The van der Waals surface area contributed by atoms with Gasteiger partial charge >= 0.3 is 0 Å². The summed E-state index contributed by atoms with van der Waals surface area (Å²) >= 11 is 0. The van der Waals surface area contributed by atoms with Crippen LogP contribution in [-0.4, -0.2) is 41.2 Å². The minimum Gasteiger partial charge on any atom is -0.399 e. The Labute approximate surface area is 112 Å². The van der Waals surface area contributed by atoms with Gasteiger partial charge in [-0.3, -0.25) is 9.78 Å². The zero-order valence-corrected chi connectivity index (χ0v) is 10.5. The molecule has 2 aromatic rings. The molecule has 1 aromatic heterocycles. The first kappa shape index (κ1) is 14.2. The van der Waals surface area contributed by atoms with E-state index < -0.39 is 18.5 Å². The molecule has 108 valence electrons. The molecule has 0 saturated heterocycles. The molecule has 0 aliphatic heterocycles. The summed E-state index contributed by atoms with van der Waals surface area (Å²) < 4.78 is 25.0. The topological polar surface area (TPSA) is 95.2 Å². The van der Waals surface area contributed by atoms with Crippen molar-refractivity contribution in [2.24, 2.45) is 0 Å². The molecule has 0 atom stereocenters. The normalized spacial score (nSPS) is 11.2. The first-order valence-electron chi connectivity index (χ1n) is 5.95. The number of anilines is 2. The van der Waals surface area contributed by atoms with Gasteiger partial charge in [-0.05, 0) is 18.2 Å². The summed E-state index contributed by atoms with van der Waals surface area (Å²) in [5, 5.41) is 9.19. The molecule has 20 heavy (non-hydrogen) atoms. The fraction of sp³-hybridized carbons (Fsp3) is 0.333. The predicted octanol–water partition coefficient (Wildman–Crippen LogP) is 0.569. The van der Waals surface area contributed by atoms with E-state index >= 15 is 0 Å². The Hall–Kier alpha value is -2.22. The van der Waals surface area contributed by atoms with Gasteiger partial charge in [-0.25, -0.2) is 13.8 Å². The summed E-state index contributed by atoms with van der Waals surface area (Å²) in [5.41, 5.74) is 5.89. The number of aliphatic hydroxyl groups is 1. The minimum absolute atomic E-state index is 0.00150. The van der Waals surface area contributed by atoms with Crippen LogP contribution < -0.4 is 16.2 Å². The summed E-state index contributed by atoms with van der Waals surface area (Å²) in [6.07, 6.45) is -2.60. The Kier molecular flexibility index (Phi) is 4.14. The zero-order chi connectivity index (χ0) is 14.7. The maximum atomic E-state index is 12.5. The first-order valence-corrected chi connectivity index (χ1v) is 5.95. The number of aromatic nitrogens is 2. The number of rotatable bonds is 5. The SMILES string of the molecule is Nc1ccc2nc(N(CCO)CC(F)F)[nH]c(=O)c2c1. The number of halogens is 2. The third-order valence-electron chi connectivity index (χ3n) is 2.74. The van der Waals surface area contributed by atoms with Crippen molar-refractivity contribution in [3.63, 3.8) is 0 Å². The molecule has 1 heterocycles. The second-order valence-corrected chi connectivity index (χ2v) is 4.23. The number of hydrogen-bond donors (Lipinski definition) is 3. The number of aliphatic hydroxyl groups excluding tert-OH is 1. The molecule has 8 heteroatoms. The highest BCUT2D eigenvalue weighted by atomic mass is 19.3. The molecule has 4 N–H and O–H groups in total. The van der Waals surface area contributed by atoms with Crippen molar-refractivity contribution in [3.05, 3.63) is 28.6 Å². The van der Waals surface area contributed by atoms with E-state index in [1.54, 1.807) is 12.1 Å². The monoisotopic (exact) mass is 284 g/mol. The predicted molar refractivity (Wildman–Crippen MR) is 72.1 cm³/mol. The summed E-state index contributed by atoms with van der Waals surface area (Å²) in [5.74, 6) is 0.00150. The zero-order valence-electron chi connectivity index (χ0n) is 10.5. The Morgan fingerprint density at radius 3 is 2.85 bits per heavy atom. The highest BCUT2D eigenvalue weighted by Crippen LogP contribution is 2.15. The van der Waals surface area contributed by atoms with Crippen molar-refractivity contribution in [2.75, 3.05) is 30.3 Å². The molecule has 0 aliphatic rings. The molecule has 0 saturated carbocycles. The number of nitrogens with one attached hydrogen (secondary N) is 1. The van der Waals surface area contributed by atoms with Crippen LogP contribution in [0.4, 0.5) is 20.4 Å². The molecule has 0 amide bonds. The Balaban J connectivity index is 2.48. The lowest BCUT2D eigenvalue weighted by atomic mass is 10.2. The summed E-state index contributed by atoms with van der Waals surface area (Å²) in [7, 11) is 0. The van der Waals surface area contributed by atoms with Crippen LogP contribution >= 0.6 is 0 Å². The molecular formula is C12H14F2N4O2. The second kappa shape index (κ2) is 5.83. The number of alkyl halides is 2. The van der Waals surface area contributed by atoms with Gasteiger partial charge in [-0.2, -0.15) is 0 Å². The average Bonchev–Trinajstić information content (AvgIpc) is 2.38. The average molecular weight is 284 g/mol. The molecule has 0 bridgehead atoms. The summed E-state index contributed by atoms with van der Waals surface area (Å²) in [6.45, 7) is -0.992. The van der Waals surface area contributed by atoms with Gasteiger partial charge in [0.2, 0.25) is 5.95 Å². The van der Waals surface area contributed by atoms with E-state index in [0.29, 0.717) is 11.2 Å². The highest BCUT2D eigenvalue weighted by molar-refractivity contribution is 5.81. The number of aromatic amines is 1. The van der Waals surface area contributed by atoms with E-state index in [1.165, 1.54) is 6.07 Å². The number of benzene rings is 1. The van der Waals surface area contributed by atoms with Crippen molar-refractivity contribution in [3.8, 4) is 0 Å². The summed E-state index contributed by atoms with van der Waals surface area (Å²) in [4.78, 5) is 19.6. The van der Waals surface area contributed by atoms with Gasteiger partial charge in [0.1, 0.15) is 0 Å². The second-order valence-electron chi connectivity index (χ2n) is 4.23. The number of nitrogens with two attached hydrogens (primary N) is 1. The molecule has 2 rings (SSSR count). The smallest absolute Gasteiger partial charge is 0.260 e. The van der Waals surface area contributed by atoms with Crippen LogP contribution in [0, 0.1) is 0 Å². The fourth-order valence-electron chi connectivity index (χ4n) is 1.86. The van der Waals surface area contributed by atoms with Crippen LogP contribution in [0.2, 0.25) is 0 Å². The van der Waals surface area contributed by atoms with E-state index in [9.17, 15) is 13.6 Å². The Bertz CT molecular complexity index is 659. The van der Waals surface area contributed by atoms with E-state index in [4.69, 9.17) is 10.8 Å². The lowest BCUT2D eigenvalue weighted by Gasteiger charge is -2.21. The van der Waals surface area contributed by atoms with Crippen LogP contribution in [-0.2, 0) is 0 Å². The van der Waals surface area contributed by atoms with Crippen molar-refractivity contribution in [2.45, 2.75) is 6.43 Å². The molecule has 0 radical (unpaired) electrons. The molecule has 0 spiro atoms. The molecule has 0 unspecified atom stereocenters. The molecule has 0 aliphatic carbocycles. The van der Waals surface area contributed by atoms with Crippen LogP contribution in [0.25, 0.3) is 10.9 Å². The van der Waals surface area contributed by atoms with Crippen molar-refractivity contribution >= 4 is 22.5 Å². The standard InChI is InChI=1S/C12H14F2N4O2/c13-10(14)6-18(3-4-19)12-16-9-2-1-7(15)5-8(9)11(20)17-12/h1-2,5,10,19H,3-4,6,15H2,(H,16,17,20). The third-order valence-corrected chi connectivity index (χ3v) is 2.74. The van der Waals surface area contributed by atoms with Crippen LogP contribution in [0.15, 0.2) is 23.0 Å². The van der Waals surface area contributed by atoms with Gasteiger partial charge in [-0.15, -0.1) is 0 Å². The fourth-order valence-corrected chi connectivity index (χ4v) is 1.86. The van der Waals surface area contributed by atoms with E-state index in [0.717, 1.165) is 4.90 Å². The van der Waals surface area contributed by atoms with E-state index in [1.807, 2.05) is 0 Å². The lowest BCUT2D eigenvalue weighted by Crippen LogP contribution is -2.34. The highest BCUT2D eigenvalue weighted by Gasteiger charge is 2.15. The van der Waals surface area contributed by atoms with E-state index in [-0.39, 0.29) is 24.5 Å². The van der Waals surface area contributed by atoms with Gasteiger partial charge in [-0.1, -0.05) is 0 Å². The number of H-pyrrole nitrogens is 1. The summed E-state index contributed by atoms with van der Waals surface area (Å²) in [6, 6.07) is 4.58. The Morgan fingerprint density at radius 1 is 1.45 bits per heavy atom. The quantitative estimate of drug-likeness (QED) is 0.698. The number of fused-ring (bicyclic) bond motifs is 1. The lowest BCUT2D eigenvalue weighted by molar-refractivity contribution is 0.152. The van der Waals surface area contributed by atoms with Crippen LogP contribution in [0.3, 0.4) is 0 Å². The molecule has 6 nitrogen and oxygen atoms in total. The van der Waals surface area contributed by atoms with Gasteiger partial charge < -0.3 is 15.7 Å². The van der Waals surface area contributed by atoms with Crippen molar-refractivity contribution in [1.29, 1.82) is 0 Å². The first-order chi connectivity index (χ1) is 9.51. The molecule has 0 fully saturated rings. The van der Waals surface area contributed by atoms with Gasteiger partial charge in [0.15, 0.2) is 0 Å². The maximum Gasteiger partial charge on any atom is 0.260 e. The van der Waals surface area contributed by atoms with Crippen LogP contribution in [0.5, 0.6) is 0 Å². The van der Waals surface area contributed by atoms with Crippen LogP contribution in [0.1, 0.15) is 0 Å². The number of hydrogen-bond acceptors (Lipinski definition) is 5. The number of nitrogen functional groups attached to an aromatic ring is 1. The van der Waals surface area contributed by atoms with Gasteiger partial charge in [0, 0.05) is 12.2 Å². The van der Waals surface area contributed by atoms with Crippen molar-refractivity contribution in [1.82, 2.24) is 9.97 Å². The molecular weight excluding hydrogens is 270 g/mol.